The molecule has 0 saturated carbocycles. The fourth-order valence-electron chi connectivity index (χ4n) is 8.70. The van der Waals surface area contributed by atoms with Crippen molar-refractivity contribution in [3.05, 3.63) is 0 Å². The molecule has 37 nitrogen and oxygen atoms in total. The van der Waals surface area contributed by atoms with E-state index in [0.717, 1.165) is 14.2 Å². The number of carboxylic acid groups (broad SMARTS) is 6. The Labute approximate surface area is 416 Å². The van der Waals surface area contributed by atoms with Crippen molar-refractivity contribution in [3.63, 3.8) is 0 Å². The van der Waals surface area contributed by atoms with E-state index in [0.29, 0.717) is 0 Å². The highest BCUT2D eigenvalue weighted by Crippen LogP contribution is 2.37. The van der Waals surface area contributed by atoms with Crippen LogP contribution in [0.15, 0.2) is 0 Å². The van der Waals surface area contributed by atoms with Gasteiger partial charge in [0.05, 0.1) is 6.61 Å². The summed E-state index contributed by atoms with van der Waals surface area (Å²) in [6, 6.07) is 0. The van der Waals surface area contributed by atoms with Gasteiger partial charge in [-0.3, -0.25) is 0 Å². The van der Waals surface area contributed by atoms with Crippen molar-refractivity contribution in [1.82, 2.24) is 0 Å². The Balaban J connectivity index is 1.13. The molecule has 0 aliphatic carbocycles. The molecule has 0 amide bonds. The average Bonchev–Trinajstić information content (AvgIpc) is 3.34. The predicted octanol–water partition coefficient (Wildman–Crippen LogP) is -11.0. The van der Waals surface area contributed by atoms with Crippen LogP contribution in [0.25, 0.3) is 0 Å². The van der Waals surface area contributed by atoms with E-state index < -0.39 is 221 Å². The van der Waals surface area contributed by atoms with E-state index in [4.69, 9.17) is 66.7 Å². The summed E-state index contributed by atoms with van der Waals surface area (Å²) in [6.45, 7) is -0.522. The van der Waals surface area contributed by atoms with Gasteiger partial charge in [-0.05, 0) is 0 Å². The summed E-state index contributed by atoms with van der Waals surface area (Å²) in [7, 11) is 2.10. The molecule has 0 bridgehead atoms. The van der Waals surface area contributed by atoms with Crippen molar-refractivity contribution < 1.29 is 182 Å². The topological polar surface area (TPSA) is 576 Å². The standard InChI is InChI=1S/C38H54O37/c1-62-4-3-64-33(15(49)16(4)75-38(60)61)65-17-6(40)11(45)34(71-23(17)28(52)53)67-19-8(42)13(47)36(73-25(19)30(56)57)69-21-9(43)14(48)37(74-26(21)31(58)59)68-20-7(41)12(46)35(72-24(20)29(54)55)66-18-5(39)10(44)32(63-2)70-22(18)27(50)51/h4-26,32-37,39-49H,3H2,1-2H3,(H,50,51)(H,52,53)(H,54,55)(H,56,57)(H,58,59)(H,60,61)/t4-,5?,6?,7?,8?,9?,10?,11?,12?,13?,14?,15?,16?,17-,18-,19+,20+,21-,22?,23?,24?,25?,26?,32+,33+,34+,35-,36-,37+/m1/s1. The molecule has 6 aliphatic rings. The SMILES string of the molecule is CO[C@H]1OC(C(=O)O)[C@H](O[C@@H]2OC(C(=O)O)[C@@H](O[C@H]3OC(C(=O)O)[C@H](O[C@@H]4OC(C(=O)O)[C@@H](O[C@H]5OC(C(=O)O)[C@H](O[C@@H]6OC[C@@H](OC)C(OC(=O)O)C6O)C(O)C5O)C(O)C4O)C(O)C3O)C(O)C2O)C(O)C1O. The maximum Gasteiger partial charge on any atom is 0.506 e. The molecule has 0 aromatic rings. The van der Waals surface area contributed by atoms with Gasteiger partial charge in [-0.2, -0.15) is 0 Å². The van der Waals surface area contributed by atoms with Gasteiger partial charge < -0.3 is 153 Å². The monoisotopic (exact) mass is 1100 g/mol. The quantitative estimate of drug-likeness (QED) is 0.0567. The van der Waals surface area contributed by atoms with E-state index in [1.807, 2.05) is 0 Å². The number of methoxy groups -OCH3 is 2. The van der Waals surface area contributed by atoms with Crippen LogP contribution in [0.3, 0.4) is 0 Å². The maximum absolute atomic E-state index is 12.5. The highest BCUT2D eigenvalue weighted by atomic mass is 16.8. The molecule has 6 rings (SSSR count). The van der Waals surface area contributed by atoms with Crippen LogP contribution in [0.4, 0.5) is 4.79 Å². The summed E-state index contributed by atoms with van der Waals surface area (Å²) in [5, 5.41) is 179. The Morgan fingerprint density at radius 3 is 0.827 bits per heavy atom. The summed E-state index contributed by atoms with van der Waals surface area (Å²) >= 11 is 0. The van der Waals surface area contributed by atoms with Crippen molar-refractivity contribution in [1.29, 1.82) is 0 Å². The molecule has 17 unspecified atom stereocenters. The number of carboxylic acids is 5. The zero-order chi connectivity index (χ0) is 55.8. The Hall–Kier alpha value is -4.34. The second-order valence-corrected chi connectivity index (χ2v) is 17.3. The van der Waals surface area contributed by atoms with Gasteiger partial charge in [0.2, 0.25) is 0 Å². The first-order chi connectivity index (χ1) is 35.1. The van der Waals surface area contributed by atoms with Gasteiger partial charge in [-0.15, -0.1) is 0 Å². The number of carbonyl (C=O) groups is 6. The summed E-state index contributed by atoms with van der Waals surface area (Å²) < 4.78 is 72.4. The van der Waals surface area contributed by atoms with Gasteiger partial charge in [0.25, 0.3) is 0 Å². The van der Waals surface area contributed by atoms with Crippen LogP contribution in [0.2, 0.25) is 0 Å². The summed E-state index contributed by atoms with van der Waals surface area (Å²) in [5.74, 6) is -10.00. The second-order valence-electron chi connectivity index (χ2n) is 17.3. The Morgan fingerprint density at radius 2 is 0.587 bits per heavy atom. The molecule has 75 heavy (non-hydrogen) atoms. The first kappa shape index (κ1) is 59.9. The predicted molar refractivity (Wildman–Crippen MR) is 212 cm³/mol. The summed E-state index contributed by atoms with van der Waals surface area (Å²) in [6.07, 6.45) is -68.8. The van der Waals surface area contributed by atoms with Crippen LogP contribution < -0.4 is 0 Å². The third-order valence-electron chi connectivity index (χ3n) is 12.6. The zero-order valence-corrected chi connectivity index (χ0v) is 38.2. The number of hydrogen-bond donors (Lipinski definition) is 17. The van der Waals surface area contributed by atoms with E-state index in [2.05, 4.69) is 4.74 Å². The lowest BCUT2D eigenvalue weighted by Crippen LogP contribution is -2.69. The second kappa shape index (κ2) is 24.5. The van der Waals surface area contributed by atoms with Crippen LogP contribution in [0, 0.1) is 0 Å². The molecule has 0 aromatic heterocycles. The lowest BCUT2D eigenvalue weighted by molar-refractivity contribution is -0.386. The molecule has 37 heteroatoms. The molecule has 6 fully saturated rings. The first-order valence-electron chi connectivity index (χ1n) is 21.9. The van der Waals surface area contributed by atoms with Crippen LogP contribution in [0.5, 0.6) is 0 Å². The largest absolute Gasteiger partial charge is 0.506 e. The van der Waals surface area contributed by atoms with Gasteiger partial charge in [0.15, 0.2) is 74.4 Å². The van der Waals surface area contributed by atoms with Crippen molar-refractivity contribution in [2.24, 2.45) is 0 Å². The lowest BCUT2D eigenvalue weighted by atomic mass is 9.95. The first-order valence-corrected chi connectivity index (χ1v) is 21.9. The van der Waals surface area contributed by atoms with Crippen molar-refractivity contribution >= 4 is 36.0 Å². The molecule has 428 valence electrons. The van der Waals surface area contributed by atoms with Crippen molar-refractivity contribution in [3.8, 4) is 0 Å². The van der Waals surface area contributed by atoms with Gasteiger partial charge in [0, 0.05) is 14.2 Å². The van der Waals surface area contributed by atoms with Crippen molar-refractivity contribution in [2.45, 2.75) is 178 Å². The van der Waals surface area contributed by atoms with E-state index in [-0.39, 0.29) is 0 Å². The fraction of sp³-hybridized carbons (Fsp3) is 0.842. The van der Waals surface area contributed by atoms with Crippen LogP contribution in [-0.2, 0) is 90.3 Å². The van der Waals surface area contributed by atoms with Crippen LogP contribution in [-0.4, -0.2) is 322 Å². The van der Waals surface area contributed by atoms with Gasteiger partial charge in [-0.25, -0.2) is 28.8 Å². The minimum atomic E-state index is -2.61. The molecular weight excluding hydrogens is 1050 g/mol. The highest BCUT2D eigenvalue weighted by Gasteiger charge is 2.60. The molecule has 17 N–H and O–H groups in total. The van der Waals surface area contributed by atoms with Gasteiger partial charge in [-0.1, -0.05) is 0 Å². The van der Waals surface area contributed by atoms with Gasteiger partial charge >= 0.3 is 36.0 Å². The number of ether oxygens (including phenoxy) is 14. The molecule has 29 atom stereocenters. The highest BCUT2D eigenvalue weighted by molar-refractivity contribution is 5.75. The maximum atomic E-state index is 12.5. The molecular formula is C38H54O37. The number of rotatable bonds is 18. The Kier molecular flexibility index (Phi) is 19.6. The average molecular weight is 1100 g/mol. The smallest absolute Gasteiger partial charge is 0.479 e. The third kappa shape index (κ3) is 12.4. The van der Waals surface area contributed by atoms with Crippen LogP contribution >= 0.6 is 0 Å². The molecule has 0 spiro atoms. The Bertz CT molecular complexity index is 2010. The van der Waals surface area contributed by atoms with E-state index in [1.165, 1.54) is 0 Å². The Morgan fingerprint density at radius 1 is 0.333 bits per heavy atom. The summed E-state index contributed by atoms with van der Waals surface area (Å²) in [4.78, 5) is 73.0. The number of hydrogen-bond acceptors (Lipinski definition) is 31. The summed E-state index contributed by atoms with van der Waals surface area (Å²) in [5.41, 5.74) is 0. The number of aliphatic carboxylic acids is 5. The molecule has 6 saturated heterocycles. The van der Waals surface area contributed by atoms with E-state index >= 15 is 0 Å². The molecule has 6 aliphatic heterocycles. The van der Waals surface area contributed by atoms with Crippen molar-refractivity contribution in [2.75, 3.05) is 20.8 Å². The minimum Gasteiger partial charge on any atom is -0.479 e. The lowest BCUT2D eigenvalue weighted by Gasteiger charge is -2.48. The van der Waals surface area contributed by atoms with Crippen LogP contribution in [0.1, 0.15) is 0 Å². The third-order valence-corrected chi connectivity index (χ3v) is 12.6. The van der Waals surface area contributed by atoms with Gasteiger partial charge in [0.1, 0.15) is 104 Å². The molecule has 0 aromatic carbocycles. The normalized spacial score (nSPS) is 47.5. The zero-order valence-electron chi connectivity index (χ0n) is 38.2. The van der Waals surface area contributed by atoms with E-state index in [1.54, 1.807) is 0 Å². The number of aliphatic hydroxyl groups excluding tert-OH is 11. The minimum absolute atomic E-state index is 0.522. The number of aliphatic hydroxyl groups is 11. The molecule has 0 radical (unpaired) electrons. The van der Waals surface area contributed by atoms with E-state index in [9.17, 15) is 110 Å². The molecule has 6 heterocycles. The fourth-order valence-corrected chi connectivity index (χ4v) is 8.70.